The molecular weight excluding hydrogens is 196 g/mol. The van der Waals surface area contributed by atoms with Crippen LogP contribution in [0.4, 0.5) is 0 Å². The molecule has 74 valence electrons. The van der Waals surface area contributed by atoms with Crippen molar-refractivity contribution in [2.24, 2.45) is 5.41 Å². The standard InChI is InChI=1S/C7H17ClO3Si/c1-7(2,3)6(8)11-12(9-4)10-5/h6,12H,1-5H3. The van der Waals surface area contributed by atoms with Gasteiger partial charge in [-0.05, 0) is 0 Å². The van der Waals surface area contributed by atoms with E-state index in [2.05, 4.69) is 0 Å². The summed E-state index contributed by atoms with van der Waals surface area (Å²) in [7, 11) is 1.14. The molecule has 0 aromatic heterocycles. The van der Waals surface area contributed by atoms with Gasteiger partial charge in [-0.2, -0.15) is 0 Å². The smallest absolute Gasteiger partial charge is 0.379 e. The monoisotopic (exact) mass is 212 g/mol. The summed E-state index contributed by atoms with van der Waals surface area (Å²) in [4.78, 5) is 0. The molecule has 0 aromatic carbocycles. The van der Waals surface area contributed by atoms with Crippen LogP contribution in [0.2, 0.25) is 0 Å². The number of halogens is 1. The van der Waals surface area contributed by atoms with Crippen LogP contribution >= 0.6 is 11.6 Å². The Morgan fingerprint density at radius 2 is 1.58 bits per heavy atom. The van der Waals surface area contributed by atoms with Crippen LogP contribution in [-0.4, -0.2) is 29.3 Å². The maximum absolute atomic E-state index is 5.96. The molecule has 0 saturated heterocycles. The van der Waals surface area contributed by atoms with Crippen LogP contribution in [0.3, 0.4) is 0 Å². The van der Waals surface area contributed by atoms with Gasteiger partial charge in [0, 0.05) is 19.6 Å². The second kappa shape index (κ2) is 5.19. The fourth-order valence-corrected chi connectivity index (χ4v) is 1.78. The first-order valence-corrected chi connectivity index (χ1v) is 5.62. The number of hydrogen-bond donors (Lipinski definition) is 0. The Morgan fingerprint density at radius 1 is 1.17 bits per heavy atom. The van der Waals surface area contributed by atoms with Crippen molar-refractivity contribution in [3.63, 3.8) is 0 Å². The molecule has 0 aliphatic heterocycles. The molecule has 1 atom stereocenters. The third-order valence-corrected chi connectivity index (χ3v) is 3.49. The molecule has 0 rings (SSSR count). The topological polar surface area (TPSA) is 27.7 Å². The maximum atomic E-state index is 5.96. The first-order chi connectivity index (χ1) is 5.41. The summed E-state index contributed by atoms with van der Waals surface area (Å²) in [6.45, 7) is 6.00. The highest BCUT2D eigenvalue weighted by atomic mass is 35.5. The van der Waals surface area contributed by atoms with Crippen molar-refractivity contribution in [2.75, 3.05) is 14.2 Å². The quantitative estimate of drug-likeness (QED) is 0.524. The van der Waals surface area contributed by atoms with Crippen LogP contribution in [0.5, 0.6) is 0 Å². The van der Waals surface area contributed by atoms with Gasteiger partial charge in [-0.25, -0.2) is 0 Å². The Bertz CT molecular complexity index is 122. The van der Waals surface area contributed by atoms with E-state index in [1.54, 1.807) is 14.2 Å². The zero-order chi connectivity index (χ0) is 9.78. The van der Waals surface area contributed by atoms with Crippen molar-refractivity contribution in [3.05, 3.63) is 0 Å². The Morgan fingerprint density at radius 3 is 1.83 bits per heavy atom. The van der Waals surface area contributed by atoms with Crippen LogP contribution in [-0.2, 0) is 13.3 Å². The minimum absolute atomic E-state index is 0.0934. The van der Waals surface area contributed by atoms with Gasteiger partial charge in [-0.3, -0.25) is 0 Å². The molecule has 0 saturated carbocycles. The van der Waals surface area contributed by atoms with Gasteiger partial charge in [0.15, 0.2) is 0 Å². The average molecular weight is 213 g/mol. The highest BCUT2D eigenvalue weighted by Crippen LogP contribution is 2.25. The van der Waals surface area contributed by atoms with E-state index in [0.29, 0.717) is 0 Å². The first kappa shape index (κ1) is 12.4. The van der Waals surface area contributed by atoms with Gasteiger partial charge in [0.1, 0.15) is 5.56 Å². The summed E-state index contributed by atoms with van der Waals surface area (Å²) in [5.41, 5.74) is -0.460. The summed E-state index contributed by atoms with van der Waals surface area (Å²) in [5, 5.41) is 0. The van der Waals surface area contributed by atoms with Crippen LogP contribution in [0.25, 0.3) is 0 Å². The fraction of sp³-hybridized carbons (Fsp3) is 1.00. The second-order valence-corrected chi connectivity index (χ2v) is 5.77. The van der Waals surface area contributed by atoms with E-state index in [0.717, 1.165) is 0 Å². The lowest BCUT2D eigenvalue weighted by Crippen LogP contribution is -2.34. The van der Waals surface area contributed by atoms with Crippen LogP contribution in [0, 0.1) is 5.41 Å². The van der Waals surface area contributed by atoms with Gasteiger partial charge in [0.2, 0.25) is 0 Å². The molecule has 0 heterocycles. The zero-order valence-corrected chi connectivity index (χ0v) is 10.2. The maximum Gasteiger partial charge on any atom is 0.484 e. The largest absolute Gasteiger partial charge is 0.484 e. The predicted octanol–water partition coefficient (Wildman–Crippen LogP) is 1.62. The first-order valence-electron chi connectivity index (χ1n) is 3.77. The van der Waals surface area contributed by atoms with E-state index >= 15 is 0 Å². The van der Waals surface area contributed by atoms with Gasteiger partial charge in [0.05, 0.1) is 0 Å². The lowest BCUT2D eigenvalue weighted by molar-refractivity contribution is 0.0717. The van der Waals surface area contributed by atoms with E-state index in [-0.39, 0.29) is 11.0 Å². The van der Waals surface area contributed by atoms with Crippen molar-refractivity contribution in [1.29, 1.82) is 0 Å². The lowest BCUT2D eigenvalue weighted by atomic mass is 9.98. The van der Waals surface area contributed by atoms with Crippen LogP contribution in [0.1, 0.15) is 20.8 Å². The van der Waals surface area contributed by atoms with Gasteiger partial charge in [-0.1, -0.05) is 32.4 Å². The highest BCUT2D eigenvalue weighted by Gasteiger charge is 2.27. The molecule has 5 heteroatoms. The van der Waals surface area contributed by atoms with Gasteiger partial charge < -0.3 is 13.3 Å². The average Bonchev–Trinajstić information content (AvgIpc) is 1.97. The SMILES string of the molecule is CO[SiH](OC)OC(Cl)C(C)(C)C. The second-order valence-electron chi connectivity index (χ2n) is 3.58. The summed E-state index contributed by atoms with van der Waals surface area (Å²) in [5.74, 6) is 0. The molecule has 0 bridgehead atoms. The molecule has 0 fully saturated rings. The van der Waals surface area contributed by atoms with Crippen molar-refractivity contribution in [3.8, 4) is 0 Å². The van der Waals surface area contributed by atoms with Gasteiger partial charge in [-0.15, -0.1) is 0 Å². The number of hydrogen-bond acceptors (Lipinski definition) is 3. The number of alkyl halides is 1. The highest BCUT2D eigenvalue weighted by molar-refractivity contribution is 6.37. The van der Waals surface area contributed by atoms with Crippen molar-refractivity contribution < 1.29 is 13.3 Å². The normalized spacial score (nSPS) is 15.2. The molecule has 0 radical (unpaired) electrons. The molecule has 0 spiro atoms. The van der Waals surface area contributed by atoms with Crippen molar-refractivity contribution in [2.45, 2.75) is 26.3 Å². The molecule has 0 aromatic rings. The Kier molecular flexibility index (Phi) is 5.36. The van der Waals surface area contributed by atoms with Gasteiger partial charge >= 0.3 is 9.53 Å². The fourth-order valence-electron chi connectivity index (χ4n) is 0.509. The molecule has 3 nitrogen and oxygen atoms in total. The Labute approximate surface area is 80.9 Å². The third-order valence-electron chi connectivity index (χ3n) is 1.30. The minimum atomic E-state index is -1.98. The van der Waals surface area contributed by atoms with Crippen molar-refractivity contribution >= 4 is 21.1 Å². The summed E-state index contributed by atoms with van der Waals surface area (Å²) in [6.07, 6.45) is 0. The molecule has 0 aliphatic rings. The Balaban J connectivity index is 3.90. The molecule has 0 N–H and O–H groups in total. The Hall–Kier alpha value is 0.387. The van der Waals surface area contributed by atoms with E-state index < -0.39 is 9.53 Å². The van der Waals surface area contributed by atoms with Crippen molar-refractivity contribution in [1.82, 2.24) is 0 Å². The molecular formula is C7H17ClO3Si. The summed E-state index contributed by atoms with van der Waals surface area (Å²) in [6, 6.07) is 0. The predicted molar refractivity (Wildman–Crippen MR) is 51.3 cm³/mol. The van der Waals surface area contributed by atoms with E-state index in [1.165, 1.54) is 0 Å². The van der Waals surface area contributed by atoms with E-state index in [9.17, 15) is 0 Å². The molecule has 1 unspecified atom stereocenters. The van der Waals surface area contributed by atoms with E-state index in [4.69, 9.17) is 24.9 Å². The summed E-state index contributed by atoms with van der Waals surface area (Å²) < 4.78 is 15.3. The third kappa shape index (κ3) is 4.42. The minimum Gasteiger partial charge on any atom is -0.379 e. The van der Waals surface area contributed by atoms with E-state index in [1.807, 2.05) is 20.8 Å². The molecule has 12 heavy (non-hydrogen) atoms. The lowest BCUT2D eigenvalue weighted by Gasteiger charge is -2.27. The molecule has 0 aliphatic carbocycles. The van der Waals surface area contributed by atoms with Gasteiger partial charge in [0.25, 0.3) is 0 Å². The van der Waals surface area contributed by atoms with Crippen LogP contribution < -0.4 is 0 Å². The number of rotatable bonds is 4. The molecule has 0 amide bonds. The zero-order valence-electron chi connectivity index (χ0n) is 8.26. The van der Waals surface area contributed by atoms with Crippen LogP contribution in [0.15, 0.2) is 0 Å². The summed E-state index contributed by atoms with van der Waals surface area (Å²) >= 11 is 5.96.